The van der Waals surface area contributed by atoms with Crippen LogP contribution in [0.2, 0.25) is 15.1 Å². The number of hydrogen-bond donors (Lipinski definition) is 12. The van der Waals surface area contributed by atoms with Crippen LogP contribution in [0.1, 0.15) is 222 Å². The van der Waals surface area contributed by atoms with E-state index in [-0.39, 0.29) is 100 Å². The van der Waals surface area contributed by atoms with Crippen LogP contribution in [0.25, 0.3) is 0 Å². The van der Waals surface area contributed by atoms with Gasteiger partial charge in [0.05, 0.1) is 43.3 Å². The number of aliphatic carboxylic acids is 2. The topological polar surface area (TPSA) is 462 Å². The molecule has 6 aromatic carbocycles. The fourth-order valence-electron chi connectivity index (χ4n) is 12.6. The zero-order valence-corrected chi connectivity index (χ0v) is 78.4. The first-order valence-corrected chi connectivity index (χ1v) is 46.2. The Balaban J connectivity index is 0.000000602. The minimum atomic E-state index is -1.10. The molecule has 0 aromatic heterocycles. The highest BCUT2D eigenvalue weighted by molar-refractivity contribution is 6.32. The van der Waals surface area contributed by atoms with E-state index in [1.807, 2.05) is 116 Å². The summed E-state index contributed by atoms with van der Waals surface area (Å²) < 4.78 is 19.6. The molecule has 6 unspecified atom stereocenters. The molecule has 1 saturated heterocycles. The van der Waals surface area contributed by atoms with Crippen LogP contribution in [0.15, 0.2) is 164 Å². The SMILES string of the molecule is CCCCCN.CCCCN.CCCCNC(=O)C(CCCCNC(=O)OCc1ccccc1Cl)CC(=O)C(Cc1ccccc1)NC(=O)CCC(=O)O.CCCCNC(=O)C(CCCCNC(=O)OCc1ccccc1Cl)CC(=O)C(N)Cc1ccccc1.CNC(Cc1ccccc1)C(=O)CC(CCCCNC(=O)OCc1ccccc1Cl)C(=O)O.O=C1CCC(=O)O1. The summed E-state index contributed by atoms with van der Waals surface area (Å²) in [6, 6.07) is 47.8. The highest BCUT2D eigenvalue weighted by Crippen LogP contribution is 2.23. The Morgan fingerprint density at radius 2 is 0.738 bits per heavy atom. The molecule has 7 rings (SSSR count). The van der Waals surface area contributed by atoms with Gasteiger partial charge >= 0.3 is 42.2 Å². The third-order valence-electron chi connectivity index (χ3n) is 20.2. The van der Waals surface area contributed by atoms with Crippen LogP contribution in [0, 0.1) is 17.8 Å². The quantitative estimate of drug-likeness (QED) is 0.00730. The smallest absolute Gasteiger partial charge is 0.407 e. The number of rotatable bonds is 55. The van der Waals surface area contributed by atoms with E-state index in [0.29, 0.717) is 124 Å². The Labute approximate surface area is 781 Å². The number of cyclic esters (lactones) is 2. The molecule has 6 aromatic rings. The van der Waals surface area contributed by atoms with Crippen LogP contribution in [-0.4, -0.2) is 158 Å². The molecule has 130 heavy (non-hydrogen) atoms. The highest BCUT2D eigenvalue weighted by atomic mass is 35.5. The highest BCUT2D eigenvalue weighted by Gasteiger charge is 2.30. The van der Waals surface area contributed by atoms with Crippen LogP contribution in [0.5, 0.6) is 0 Å². The van der Waals surface area contributed by atoms with Crippen molar-refractivity contribution < 1.29 is 91.5 Å². The number of carboxylic acid groups (broad SMARTS) is 2. The number of carboxylic acids is 2. The molecule has 0 radical (unpaired) electrons. The second-order valence-electron chi connectivity index (χ2n) is 31.0. The summed E-state index contributed by atoms with van der Waals surface area (Å²) in [7, 11) is 1.71. The van der Waals surface area contributed by atoms with E-state index < -0.39 is 83.9 Å². The Kier molecular flexibility index (Phi) is 64.9. The summed E-state index contributed by atoms with van der Waals surface area (Å²) >= 11 is 18.2. The van der Waals surface area contributed by atoms with E-state index in [0.717, 1.165) is 66.6 Å². The molecule has 0 bridgehead atoms. The lowest BCUT2D eigenvalue weighted by molar-refractivity contribution is -0.152. The summed E-state index contributed by atoms with van der Waals surface area (Å²) in [6.07, 6.45) is 14.1. The van der Waals surface area contributed by atoms with E-state index in [2.05, 4.69) is 62.7 Å². The molecule has 6 atom stereocenters. The predicted molar refractivity (Wildman–Crippen MR) is 506 cm³/mol. The first-order valence-electron chi connectivity index (χ1n) is 45.1. The number of unbranched alkanes of at least 4 members (excludes halogenated alkanes) is 8. The zero-order valence-electron chi connectivity index (χ0n) is 76.1. The Hall–Kier alpha value is -10.7. The van der Waals surface area contributed by atoms with E-state index >= 15 is 0 Å². The van der Waals surface area contributed by atoms with Crippen LogP contribution in [-0.2, 0) is 106 Å². The van der Waals surface area contributed by atoms with Gasteiger partial charge in [-0.2, -0.15) is 0 Å². The molecule has 1 heterocycles. The van der Waals surface area contributed by atoms with Gasteiger partial charge in [-0.15, -0.1) is 0 Å². The molecule has 1 aliphatic heterocycles. The van der Waals surface area contributed by atoms with Crippen molar-refractivity contribution >= 4 is 112 Å². The molecule has 1 aliphatic rings. The molecular formula is C98H139Cl3N10O19. The third-order valence-corrected chi connectivity index (χ3v) is 21.3. The van der Waals surface area contributed by atoms with Gasteiger partial charge in [0.25, 0.3) is 0 Å². The number of likely N-dealkylation sites (N-methyl/N-ethyl adjacent to an activating group) is 1. The number of amides is 6. The molecule has 716 valence electrons. The lowest BCUT2D eigenvalue weighted by Crippen LogP contribution is -2.44. The number of esters is 2. The van der Waals surface area contributed by atoms with E-state index in [1.54, 1.807) is 61.6 Å². The van der Waals surface area contributed by atoms with Crippen molar-refractivity contribution in [1.29, 1.82) is 0 Å². The van der Waals surface area contributed by atoms with E-state index in [1.165, 1.54) is 32.1 Å². The van der Waals surface area contributed by atoms with Crippen LogP contribution >= 0.6 is 34.8 Å². The van der Waals surface area contributed by atoms with Crippen molar-refractivity contribution in [1.82, 2.24) is 37.2 Å². The van der Waals surface area contributed by atoms with Gasteiger partial charge in [-0.1, -0.05) is 259 Å². The molecule has 0 aliphatic carbocycles. The third kappa shape index (κ3) is 56.0. The summed E-state index contributed by atoms with van der Waals surface area (Å²) in [5.74, 6) is -6.11. The number of carbonyl (C=O) groups excluding carboxylic acids is 11. The first kappa shape index (κ1) is 115. The summed E-state index contributed by atoms with van der Waals surface area (Å²) in [5.41, 5.74) is 21.5. The summed E-state index contributed by atoms with van der Waals surface area (Å²) in [4.78, 5) is 156. The largest absolute Gasteiger partial charge is 0.481 e. The number of benzene rings is 6. The van der Waals surface area contributed by atoms with Crippen LogP contribution in [0.4, 0.5) is 14.4 Å². The summed E-state index contributed by atoms with van der Waals surface area (Å²) in [6.45, 7) is 12.5. The molecule has 0 saturated carbocycles. The number of nitrogens with two attached hydrogens (primary N) is 3. The number of ketones is 3. The Morgan fingerprint density at radius 3 is 1.07 bits per heavy atom. The van der Waals surface area contributed by atoms with Crippen molar-refractivity contribution in [3.05, 3.63) is 212 Å². The minimum Gasteiger partial charge on any atom is -0.481 e. The molecule has 29 nitrogen and oxygen atoms in total. The molecule has 0 spiro atoms. The van der Waals surface area contributed by atoms with Crippen molar-refractivity contribution in [2.75, 3.05) is 52.9 Å². The monoisotopic (exact) mass is 1860 g/mol. The van der Waals surface area contributed by atoms with Gasteiger partial charge in [0.15, 0.2) is 17.3 Å². The molecular weight excluding hydrogens is 1730 g/mol. The number of alkyl carbamates (subject to hydrolysis) is 3. The first-order chi connectivity index (χ1) is 62.6. The second kappa shape index (κ2) is 73.1. The van der Waals surface area contributed by atoms with Crippen molar-refractivity contribution in [3.8, 4) is 0 Å². The fraction of sp³-hybridized carbons (Fsp3) is 0.500. The fourth-order valence-corrected chi connectivity index (χ4v) is 13.1. The lowest BCUT2D eigenvalue weighted by Gasteiger charge is -2.22. The summed E-state index contributed by atoms with van der Waals surface area (Å²) in [5, 5.41) is 39.6. The number of nitrogens with one attached hydrogen (secondary N) is 7. The van der Waals surface area contributed by atoms with Crippen LogP contribution < -0.4 is 54.4 Å². The Bertz CT molecular complexity index is 4230. The number of hydrogen-bond acceptors (Lipinski definition) is 21. The number of ether oxygens (including phenoxy) is 4. The molecule has 32 heteroatoms. The maximum Gasteiger partial charge on any atom is 0.407 e. The van der Waals surface area contributed by atoms with Gasteiger partial charge in [-0.3, -0.25) is 47.9 Å². The maximum absolute atomic E-state index is 13.5. The van der Waals surface area contributed by atoms with Gasteiger partial charge in [0.1, 0.15) is 19.8 Å². The standard InChI is InChI=1S/C32H42ClN3O7.C28H38ClN3O4.C25H31ClN2O5.C5H13N.C4H11N.C4H4O3/c1-2-3-18-34-31(41)24(13-9-10-19-35-32(42)43-22-25-14-7-8-15-26(25)33)21-28(37)27(20-23-11-5-4-6-12-23)36-29(38)16-17-30(39)40;1-2-3-16-31-27(34)22(19-26(33)25(30)18-21-11-5-4-6-12-21)13-9-10-17-32-28(35)36-20-23-14-7-8-15-24(23)29;1-27-22(15-18-9-3-2-4-10-18)23(29)16-19(24(30)31)11-7-8-14-28-25(32)33-17-20-12-5-6-13-21(20)26;1-2-3-4-5-6;1-2-3-4-5;5-3-1-2-4(6)7-3/h4-8,11-12,14-15,24,27H,2-3,9-10,13,16-22H2,1H3,(H,34,41)(H,35,42)(H,36,38)(H,39,40);4-8,11-12,14-15,22,25H,2-3,9-10,13,16-20,30H2,1H3,(H,31,34)(H,32,35);2-6,9-10,12-13,19,22,27H,7-8,11,14-17H2,1H3,(H,28,32)(H,30,31);2-6H2,1H3;2-5H2,1H3;1-2H2. The minimum absolute atomic E-state index is 0.0268. The average molecular weight is 1870 g/mol. The number of carbonyl (C=O) groups is 13. The molecule has 6 amide bonds. The average Bonchev–Trinajstić information content (AvgIpc) is 1.01. The number of Topliss-reactive ketones (excluding diaryl/α,β-unsaturated/α-hetero) is 3. The Morgan fingerprint density at radius 1 is 0.400 bits per heavy atom. The maximum atomic E-state index is 13.5. The number of halogens is 3. The molecule has 1 fully saturated rings. The lowest BCUT2D eigenvalue weighted by atomic mass is 9.90. The van der Waals surface area contributed by atoms with Crippen molar-refractivity contribution in [3.63, 3.8) is 0 Å². The van der Waals surface area contributed by atoms with Gasteiger partial charge in [0.2, 0.25) is 17.7 Å². The van der Waals surface area contributed by atoms with Crippen LogP contribution in [0.3, 0.4) is 0 Å². The van der Waals surface area contributed by atoms with Crippen molar-refractivity contribution in [2.45, 2.75) is 245 Å². The van der Waals surface area contributed by atoms with E-state index in [4.69, 9.17) is 71.3 Å². The van der Waals surface area contributed by atoms with Gasteiger partial charge in [-0.25, -0.2) is 14.4 Å². The second-order valence-corrected chi connectivity index (χ2v) is 32.2. The van der Waals surface area contributed by atoms with Crippen molar-refractivity contribution in [2.24, 2.45) is 35.0 Å². The predicted octanol–water partition coefficient (Wildman–Crippen LogP) is 15.6. The normalized spacial score (nSPS) is 12.4. The zero-order chi connectivity index (χ0) is 95.9. The van der Waals surface area contributed by atoms with E-state index in [9.17, 15) is 67.4 Å². The van der Waals surface area contributed by atoms with Gasteiger partial charge in [0, 0.05) is 102 Å². The van der Waals surface area contributed by atoms with Gasteiger partial charge < -0.3 is 83.6 Å². The van der Waals surface area contributed by atoms with Gasteiger partial charge in [-0.05, 0) is 138 Å². The molecule has 15 N–H and O–H groups in total.